The fourth-order valence-electron chi connectivity index (χ4n) is 5.79. The fraction of sp³-hybridized carbons (Fsp3) is 0.0556. The Hall–Kier alpha value is -7.67. The van der Waals surface area contributed by atoms with Gasteiger partial charge in [-0.2, -0.15) is 23.7 Å². The number of aryl methyl sites for hydroxylation is 1. The van der Waals surface area contributed by atoms with Crippen LogP contribution in [0, 0.1) is 78.5 Å². The second-order valence-corrected chi connectivity index (χ2v) is 10.0. The highest BCUT2D eigenvalue weighted by atomic mass is 19.4. The lowest BCUT2D eigenvalue weighted by Gasteiger charge is -2.17. The SMILES string of the molecule is [C-]#[N+]C1=C(c2ccc([N+]#[C-])cc2C)/C(=C(/C#N)[N+]#[C-])c2cc3c(cc21)C(C#N)=C(c1ccc(C#N)cc1C(F)(F)F)/C3=C(\C#N)[N+]#[C-]. The molecule has 0 radical (unpaired) electrons. The number of allylic oxidation sites excluding steroid dienone is 7. The first-order valence-corrected chi connectivity index (χ1v) is 13.1. The van der Waals surface area contributed by atoms with Gasteiger partial charge in [-0.15, -0.1) is 0 Å². The van der Waals surface area contributed by atoms with Crippen LogP contribution in [0.25, 0.3) is 52.9 Å². The maximum atomic E-state index is 14.4. The molecule has 5 rings (SSSR count). The van der Waals surface area contributed by atoms with Gasteiger partial charge in [-0.25, -0.2) is 29.9 Å². The Labute approximate surface area is 266 Å². The highest BCUT2D eigenvalue weighted by Crippen LogP contribution is 2.56. The first kappa shape index (κ1) is 30.8. The number of hydrogen-bond acceptors (Lipinski definition) is 4. The Bertz CT molecular complexity index is 2450. The van der Waals surface area contributed by atoms with Crippen molar-refractivity contribution in [1.29, 1.82) is 21.0 Å². The third-order valence-electron chi connectivity index (χ3n) is 7.67. The highest BCUT2D eigenvalue weighted by Gasteiger charge is 2.41. The number of fused-ring (bicyclic) bond motifs is 2. The van der Waals surface area contributed by atoms with Gasteiger partial charge in [0.1, 0.15) is 6.07 Å². The molecule has 0 saturated carbocycles. The molecule has 0 N–H and O–H groups in total. The molecule has 11 heteroatoms. The second kappa shape index (κ2) is 11.4. The van der Waals surface area contributed by atoms with Crippen LogP contribution in [-0.2, 0) is 6.18 Å². The van der Waals surface area contributed by atoms with E-state index in [0.29, 0.717) is 22.9 Å². The average molecular weight is 613 g/mol. The molecule has 0 fully saturated rings. The van der Waals surface area contributed by atoms with Crippen molar-refractivity contribution in [3.63, 3.8) is 0 Å². The van der Waals surface area contributed by atoms with Gasteiger partial charge in [-0.05, 0) is 75.2 Å². The molecule has 216 valence electrons. The molecule has 0 saturated heterocycles. The Balaban J connectivity index is 1.97. The molecule has 0 bridgehead atoms. The standard InChI is InChI=1S/C36H11F3N8/c1-18-10-20(44-2)7-9-21(18)34-33(30(17-43)46-4)25-13-24-23(12-26(25)35(34)47-5)27(15-41)31(32(24)29(16-42)45-3)22-8-6-19(14-40)11-28(22)36(37,38)39/h6-13H,1H3/b32-29+,33-30-. The average Bonchev–Trinajstić information content (AvgIpc) is 3.55. The summed E-state index contributed by atoms with van der Waals surface area (Å²) in [5.41, 5.74) is -2.08. The summed E-state index contributed by atoms with van der Waals surface area (Å²) >= 11 is 0. The van der Waals surface area contributed by atoms with Crippen LogP contribution in [0.2, 0.25) is 0 Å². The van der Waals surface area contributed by atoms with Crippen molar-refractivity contribution in [3.8, 4) is 24.3 Å². The molecule has 0 atom stereocenters. The second-order valence-electron chi connectivity index (χ2n) is 10.0. The lowest BCUT2D eigenvalue weighted by atomic mass is 9.89. The van der Waals surface area contributed by atoms with Crippen LogP contribution in [0.15, 0.2) is 59.9 Å². The number of rotatable bonds is 2. The minimum atomic E-state index is -4.99. The monoisotopic (exact) mass is 612 g/mol. The molecule has 0 unspecified atom stereocenters. The zero-order chi connectivity index (χ0) is 34.2. The van der Waals surface area contributed by atoms with Crippen molar-refractivity contribution in [2.45, 2.75) is 13.1 Å². The van der Waals surface area contributed by atoms with Crippen LogP contribution in [0.4, 0.5) is 18.9 Å². The lowest BCUT2D eigenvalue weighted by molar-refractivity contribution is -0.137. The Morgan fingerprint density at radius 1 is 0.660 bits per heavy atom. The largest absolute Gasteiger partial charge is 0.417 e. The summed E-state index contributed by atoms with van der Waals surface area (Å²) in [6.07, 6.45) is -4.99. The summed E-state index contributed by atoms with van der Waals surface area (Å²) in [6, 6.07) is 17.3. The van der Waals surface area contributed by atoms with Gasteiger partial charge >= 0.3 is 6.18 Å². The van der Waals surface area contributed by atoms with Gasteiger partial charge in [-0.1, -0.05) is 35.9 Å². The Kier molecular flexibility index (Phi) is 7.49. The highest BCUT2D eigenvalue weighted by molar-refractivity contribution is 6.29. The van der Waals surface area contributed by atoms with E-state index in [0.717, 1.165) is 12.1 Å². The van der Waals surface area contributed by atoms with Gasteiger partial charge in [0.15, 0.2) is 5.69 Å². The molecular formula is C36H11F3N8. The third kappa shape index (κ3) is 4.65. The van der Waals surface area contributed by atoms with Crippen molar-refractivity contribution in [2.75, 3.05) is 0 Å². The molecule has 0 aromatic heterocycles. The predicted molar refractivity (Wildman–Crippen MR) is 164 cm³/mol. The van der Waals surface area contributed by atoms with Gasteiger partial charge in [0.05, 0.1) is 61.2 Å². The van der Waals surface area contributed by atoms with Crippen LogP contribution in [0.5, 0.6) is 0 Å². The summed E-state index contributed by atoms with van der Waals surface area (Å²) in [5.74, 6) is 0. The molecule has 47 heavy (non-hydrogen) atoms. The number of benzene rings is 3. The summed E-state index contributed by atoms with van der Waals surface area (Å²) < 4.78 is 43.2. The number of alkyl halides is 3. The van der Waals surface area contributed by atoms with E-state index in [1.807, 2.05) is 12.1 Å². The van der Waals surface area contributed by atoms with E-state index in [9.17, 15) is 34.2 Å². The Morgan fingerprint density at radius 3 is 1.77 bits per heavy atom. The number of nitriles is 4. The van der Waals surface area contributed by atoms with Crippen molar-refractivity contribution in [3.05, 3.63) is 156 Å². The van der Waals surface area contributed by atoms with E-state index in [-0.39, 0.29) is 61.4 Å². The van der Waals surface area contributed by atoms with E-state index < -0.39 is 28.7 Å². The summed E-state index contributed by atoms with van der Waals surface area (Å²) in [7, 11) is 0. The van der Waals surface area contributed by atoms with Crippen molar-refractivity contribution < 1.29 is 13.2 Å². The van der Waals surface area contributed by atoms with Crippen LogP contribution < -0.4 is 0 Å². The molecule has 0 spiro atoms. The first-order valence-electron chi connectivity index (χ1n) is 13.1. The first-order chi connectivity index (χ1) is 22.5. The van der Waals surface area contributed by atoms with Gasteiger partial charge in [0, 0.05) is 5.57 Å². The summed E-state index contributed by atoms with van der Waals surface area (Å²) in [5, 5.41) is 39.6. The van der Waals surface area contributed by atoms with Crippen LogP contribution in [0.3, 0.4) is 0 Å². The van der Waals surface area contributed by atoms with Crippen LogP contribution in [0.1, 0.15) is 50.1 Å². The molecule has 3 aromatic rings. The third-order valence-corrected chi connectivity index (χ3v) is 7.67. The van der Waals surface area contributed by atoms with Crippen LogP contribution in [-0.4, -0.2) is 0 Å². The van der Waals surface area contributed by atoms with Gasteiger partial charge in [0.25, 0.3) is 11.4 Å². The zero-order valence-corrected chi connectivity index (χ0v) is 23.8. The Morgan fingerprint density at radius 2 is 1.26 bits per heavy atom. The summed E-state index contributed by atoms with van der Waals surface area (Å²) in [6.45, 7) is 32.5. The number of halogens is 3. The zero-order valence-electron chi connectivity index (χ0n) is 23.8. The molecular weight excluding hydrogens is 601 g/mol. The van der Waals surface area contributed by atoms with E-state index in [1.165, 1.54) is 18.2 Å². The molecule has 0 aliphatic heterocycles. The number of hydrogen-bond donors (Lipinski definition) is 0. The van der Waals surface area contributed by atoms with Gasteiger partial charge in [0.2, 0.25) is 5.70 Å². The molecule has 2 aliphatic carbocycles. The van der Waals surface area contributed by atoms with E-state index >= 15 is 0 Å². The van der Waals surface area contributed by atoms with E-state index in [4.69, 9.17) is 26.3 Å². The summed E-state index contributed by atoms with van der Waals surface area (Å²) in [4.78, 5) is 13.8. The fourth-order valence-corrected chi connectivity index (χ4v) is 5.79. The van der Waals surface area contributed by atoms with E-state index in [1.54, 1.807) is 31.2 Å². The van der Waals surface area contributed by atoms with E-state index in [2.05, 4.69) is 19.4 Å². The number of nitrogens with zero attached hydrogens (tertiary/aromatic N) is 8. The molecule has 0 heterocycles. The maximum Gasteiger partial charge on any atom is 0.417 e. The molecule has 8 nitrogen and oxygen atoms in total. The molecule has 3 aromatic carbocycles. The smallest absolute Gasteiger partial charge is 0.238 e. The minimum Gasteiger partial charge on any atom is -0.238 e. The van der Waals surface area contributed by atoms with Crippen molar-refractivity contribution >= 4 is 39.2 Å². The van der Waals surface area contributed by atoms with Gasteiger partial charge in [-0.3, -0.25) is 0 Å². The normalized spacial score (nSPS) is 15.0. The van der Waals surface area contributed by atoms with Crippen molar-refractivity contribution in [1.82, 2.24) is 0 Å². The topological polar surface area (TPSA) is 113 Å². The maximum absolute atomic E-state index is 14.4. The van der Waals surface area contributed by atoms with Gasteiger partial charge < -0.3 is 0 Å². The quantitative estimate of drug-likeness (QED) is 0.212. The molecule has 0 amide bonds. The van der Waals surface area contributed by atoms with Crippen LogP contribution >= 0.6 is 0 Å². The molecule has 2 aliphatic rings. The lowest BCUT2D eigenvalue weighted by Crippen LogP contribution is -2.10. The minimum absolute atomic E-state index is 0.0100. The predicted octanol–water partition coefficient (Wildman–Crippen LogP) is 8.99. The van der Waals surface area contributed by atoms with Crippen molar-refractivity contribution in [2.24, 2.45) is 0 Å².